The molecule has 0 bridgehead atoms. The lowest BCUT2D eigenvalue weighted by molar-refractivity contribution is -0.120. The Bertz CT molecular complexity index is 896. The van der Waals surface area contributed by atoms with E-state index in [-0.39, 0.29) is 18.2 Å². The number of thioether (sulfide) groups is 1. The van der Waals surface area contributed by atoms with E-state index >= 15 is 0 Å². The molecule has 154 valence electrons. The maximum Gasteiger partial charge on any atom is 0.238 e. The second-order valence-corrected chi connectivity index (χ2v) is 8.45. The van der Waals surface area contributed by atoms with E-state index in [1.165, 1.54) is 11.8 Å². The number of carbonyl (C=O) groups is 2. The van der Waals surface area contributed by atoms with Gasteiger partial charge in [0.25, 0.3) is 0 Å². The van der Waals surface area contributed by atoms with Crippen molar-refractivity contribution >= 4 is 46.7 Å². The summed E-state index contributed by atoms with van der Waals surface area (Å²) >= 11 is 7.33. The number of hydrogen-bond donors (Lipinski definition) is 2. The molecule has 1 atom stereocenters. The van der Waals surface area contributed by atoms with Crippen molar-refractivity contribution in [3.8, 4) is 0 Å². The van der Waals surface area contributed by atoms with E-state index < -0.39 is 5.25 Å². The molecule has 1 aliphatic rings. The molecule has 9 heteroatoms. The first kappa shape index (κ1) is 21.6. The summed E-state index contributed by atoms with van der Waals surface area (Å²) in [6.45, 7) is 2.18. The molecule has 2 aromatic rings. The lowest BCUT2D eigenvalue weighted by Gasteiger charge is -2.23. The quantitative estimate of drug-likeness (QED) is 0.663. The Labute approximate surface area is 179 Å². The van der Waals surface area contributed by atoms with E-state index in [9.17, 15) is 9.59 Å². The Morgan fingerprint density at radius 1 is 1.38 bits per heavy atom. The number of likely N-dealkylation sites (N-methyl/N-ethyl adjacent to an activating group) is 1. The summed E-state index contributed by atoms with van der Waals surface area (Å²) in [7, 11) is 3.67. The van der Waals surface area contributed by atoms with Gasteiger partial charge in [0.15, 0.2) is 0 Å². The summed E-state index contributed by atoms with van der Waals surface area (Å²) in [5, 5.41) is 5.65. The van der Waals surface area contributed by atoms with Gasteiger partial charge < -0.3 is 15.4 Å². The van der Waals surface area contributed by atoms with Crippen molar-refractivity contribution in [2.75, 3.05) is 37.9 Å². The van der Waals surface area contributed by atoms with E-state index in [4.69, 9.17) is 16.3 Å². The second kappa shape index (κ2) is 10.1. The summed E-state index contributed by atoms with van der Waals surface area (Å²) < 4.78 is 5.08. The number of ether oxygens (including phenoxy) is 1. The molecule has 0 aliphatic carbocycles. The van der Waals surface area contributed by atoms with Gasteiger partial charge in [-0.05, 0) is 42.9 Å². The molecule has 0 saturated heterocycles. The van der Waals surface area contributed by atoms with E-state index in [0.29, 0.717) is 23.1 Å². The molecule has 1 unspecified atom stereocenters. The highest BCUT2D eigenvalue weighted by Gasteiger charge is 2.29. The highest BCUT2D eigenvalue weighted by Crippen LogP contribution is 2.38. The monoisotopic (exact) mass is 434 g/mol. The fourth-order valence-corrected chi connectivity index (χ4v) is 4.16. The molecule has 0 spiro atoms. The number of carbonyl (C=O) groups excluding carboxylic acids is 2. The standard InChI is InChI=1S/C20H23ClN4O3S/c1-25(7-8-28-2)12-13-5-6-22-18(9-13)24-19(26)11-17-20(27)23-15-10-14(21)3-4-16(15)29-17/h3-6,9-10,17H,7-8,11-12H2,1-2H3,(H,23,27)(H,22,24,26). The van der Waals surface area contributed by atoms with Gasteiger partial charge in [-0.2, -0.15) is 0 Å². The van der Waals surface area contributed by atoms with Crippen LogP contribution in [0, 0.1) is 0 Å². The average Bonchev–Trinajstić information content (AvgIpc) is 2.67. The highest BCUT2D eigenvalue weighted by molar-refractivity contribution is 8.01. The van der Waals surface area contributed by atoms with Crippen molar-refractivity contribution in [1.82, 2.24) is 9.88 Å². The molecule has 0 fully saturated rings. The number of pyridine rings is 1. The van der Waals surface area contributed by atoms with Crippen molar-refractivity contribution in [3.05, 3.63) is 47.1 Å². The zero-order valence-corrected chi connectivity index (χ0v) is 17.8. The summed E-state index contributed by atoms with van der Waals surface area (Å²) in [6.07, 6.45) is 1.72. The van der Waals surface area contributed by atoms with Crippen LogP contribution < -0.4 is 10.6 Å². The lowest BCUT2D eigenvalue weighted by atomic mass is 10.2. The van der Waals surface area contributed by atoms with Crippen LogP contribution >= 0.6 is 23.4 Å². The fourth-order valence-electron chi connectivity index (χ4n) is 2.90. The van der Waals surface area contributed by atoms with E-state index in [0.717, 1.165) is 23.5 Å². The number of anilines is 2. The number of methoxy groups -OCH3 is 1. The van der Waals surface area contributed by atoms with Gasteiger partial charge in [-0.25, -0.2) is 4.98 Å². The average molecular weight is 435 g/mol. The van der Waals surface area contributed by atoms with E-state index in [1.807, 2.05) is 25.2 Å². The van der Waals surface area contributed by atoms with Gasteiger partial charge in [0, 0.05) is 42.7 Å². The molecule has 3 rings (SSSR count). The first-order chi connectivity index (χ1) is 13.9. The number of hydrogen-bond acceptors (Lipinski definition) is 6. The van der Waals surface area contributed by atoms with Crippen LogP contribution in [0.15, 0.2) is 41.4 Å². The third-order valence-electron chi connectivity index (χ3n) is 4.35. The number of nitrogens with zero attached hydrogens (tertiary/aromatic N) is 2. The SMILES string of the molecule is COCCN(C)Cc1ccnc(NC(=O)CC2Sc3ccc(Cl)cc3NC2=O)c1. The fraction of sp³-hybridized carbons (Fsp3) is 0.350. The first-order valence-corrected chi connectivity index (χ1v) is 10.4. The number of aromatic nitrogens is 1. The predicted octanol–water partition coefficient (Wildman–Crippen LogP) is 3.25. The minimum atomic E-state index is -0.507. The molecule has 2 amide bonds. The molecule has 0 saturated carbocycles. The van der Waals surface area contributed by atoms with Crippen LogP contribution in [-0.2, 0) is 20.9 Å². The zero-order chi connectivity index (χ0) is 20.8. The highest BCUT2D eigenvalue weighted by atomic mass is 35.5. The molecule has 1 aliphatic heterocycles. The zero-order valence-electron chi connectivity index (χ0n) is 16.3. The summed E-state index contributed by atoms with van der Waals surface area (Å²) in [5.41, 5.74) is 1.71. The van der Waals surface area contributed by atoms with Crippen molar-refractivity contribution in [3.63, 3.8) is 0 Å². The number of benzene rings is 1. The van der Waals surface area contributed by atoms with Crippen molar-refractivity contribution in [1.29, 1.82) is 0 Å². The van der Waals surface area contributed by atoms with Crippen LogP contribution in [0.3, 0.4) is 0 Å². The first-order valence-electron chi connectivity index (χ1n) is 9.14. The topological polar surface area (TPSA) is 83.6 Å². The third-order valence-corrected chi connectivity index (χ3v) is 5.86. The smallest absolute Gasteiger partial charge is 0.238 e. The third kappa shape index (κ3) is 6.17. The van der Waals surface area contributed by atoms with Crippen molar-refractivity contribution in [2.45, 2.75) is 23.1 Å². The normalized spacial score (nSPS) is 15.7. The number of halogens is 1. The van der Waals surface area contributed by atoms with Gasteiger partial charge in [-0.15, -0.1) is 11.8 Å². The van der Waals surface area contributed by atoms with Crippen molar-refractivity contribution in [2.24, 2.45) is 0 Å². The second-order valence-electron chi connectivity index (χ2n) is 6.77. The van der Waals surface area contributed by atoms with Crippen LogP contribution in [0.2, 0.25) is 5.02 Å². The van der Waals surface area contributed by atoms with Crippen LogP contribution in [0.4, 0.5) is 11.5 Å². The van der Waals surface area contributed by atoms with Gasteiger partial charge in [0.2, 0.25) is 11.8 Å². The number of fused-ring (bicyclic) bond motifs is 1. The minimum Gasteiger partial charge on any atom is -0.383 e. The lowest BCUT2D eigenvalue weighted by Crippen LogP contribution is -2.32. The number of nitrogens with one attached hydrogen (secondary N) is 2. The maximum atomic E-state index is 12.5. The van der Waals surface area contributed by atoms with Gasteiger partial charge in [0.05, 0.1) is 17.5 Å². The molecule has 1 aromatic carbocycles. The predicted molar refractivity (Wildman–Crippen MR) is 115 cm³/mol. The maximum absolute atomic E-state index is 12.5. The molecule has 7 nitrogen and oxygen atoms in total. The van der Waals surface area contributed by atoms with Gasteiger partial charge in [-0.3, -0.25) is 14.5 Å². The van der Waals surface area contributed by atoms with Crippen LogP contribution in [0.5, 0.6) is 0 Å². The number of amides is 2. The molecule has 2 N–H and O–H groups in total. The Morgan fingerprint density at radius 3 is 3.00 bits per heavy atom. The van der Waals surface area contributed by atoms with Crippen LogP contribution in [0.1, 0.15) is 12.0 Å². The Kier molecular flexibility index (Phi) is 7.49. The Morgan fingerprint density at radius 2 is 2.21 bits per heavy atom. The molecule has 29 heavy (non-hydrogen) atoms. The Hall–Kier alpha value is -2.13. The minimum absolute atomic E-state index is 0.0538. The number of rotatable bonds is 8. The molecular formula is C20H23ClN4O3S. The van der Waals surface area contributed by atoms with Crippen LogP contribution in [0.25, 0.3) is 0 Å². The van der Waals surface area contributed by atoms with E-state index in [2.05, 4.69) is 20.5 Å². The summed E-state index contributed by atoms with van der Waals surface area (Å²) in [5.74, 6) is 0.00915. The molecule has 2 heterocycles. The Balaban J connectivity index is 1.57. The molecule has 1 aromatic heterocycles. The summed E-state index contributed by atoms with van der Waals surface area (Å²) in [6, 6.07) is 9.06. The van der Waals surface area contributed by atoms with Crippen LogP contribution in [-0.4, -0.2) is 54.3 Å². The van der Waals surface area contributed by atoms with Gasteiger partial charge in [-0.1, -0.05) is 11.6 Å². The van der Waals surface area contributed by atoms with Gasteiger partial charge >= 0.3 is 0 Å². The van der Waals surface area contributed by atoms with Gasteiger partial charge in [0.1, 0.15) is 5.82 Å². The van der Waals surface area contributed by atoms with Crippen molar-refractivity contribution < 1.29 is 14.3 Å². The summed E-state index contributed by atoms with van der Waals surface area (Å²) in [4.78, 5) is 32.0. The largest absolute Gasteiger partial charge is 0.383 e. The molecule has 0 radical (unpaired) electrons. The van der Waals surface area contributed by atoms with E-state index in [1.54, 1.807) is 25.4 Å². The molecular weight excluding hydrogens is 412 g/mol.